The van der Waals surface area contributed by atoms with Crippen LogP contribution < -0.4 is 0 Å². The highest BCUT2D eigenvalue weighted by Gasteiger charge is 2.51. The van der Waals surface area contributed by atoms with E-state index in [1.54, 1.807) is 0 Å². The molecule has 0 atom stereocenters. The highest BCUT2D eigenvalue weighted by atomic mass is 16.3. The minimum Gasteiger partial charge on any atom is -0.456 e. The van der Waals surface area contributed by atoms with Gasteiger partial charge in [0.05, 0.1) is 16.8 Å². The molecule has 0 saturated heterocycles. The summed E-state index contributed by atoms with van der Waals surface area (Å²) >= 11 is 0. The van der Waals surface area contributed by atoms with Crippen LogP contribution in [0.1, 0.15) is 22.3 Å². The second kappa shape index (κ2) is 13.4. The molecule has 0 unspecified atom stereocenters. The monoisotopic (exact) mass is 788 g/mol. The average molecular weight is 789 g/mol. The number of para-hydroxylation sites is 1. The Balaban J connectivity index is 1.05. The fraction of sp³-hybridized carbons (Fsp3) is 0.0169. The van der Waals surface area contributed by atoms with Gasteiger partial charge >= 0.3 is 0 Å². The number of benzene rings is 9. The topological polar surface area (TPSA) is 38.9 Å². The van der Waals surface area contributed by atoms with Gasteiger partial charge in [-0.05, 0) is 109 Å². The second-order valence-corrected chi connectivity index (χ2v) is 16.4. The highest BCUT2D eigenvalue weighted by Crippen LogP contribution is 2.63. The molecular weight excluding hydrogens is 753 g/mol. The third kappa shape index (κ3) is 5.06. The van der Waals surface area contributed by atoms with E-state index in [4.69, 9.17) is 14.4 Å². The molecule has 2 aliphatic carbocycles. The maximum absolute atomic E-state index is 6.38. The van der Waals surface area contributed by atoms with Gasteiger partial charge in [0, 0.05) is 27.5 Å². The van der Waals surface area contributed by atoms with Gasteiger partial charge < -0.3 is 4.42 Å². The number of aromatic nitrogens is 2. The van der Waals surface area contributed by atoms with Crippen molar-refractivity contribution in [3.05, 3.63) is 241 Å². The molecule has 2 heterocycles. The van der Waals surface area contributed by atoms with E-state index in [1.165, 1.54) is 44.5 Å². The van der Waals surface area contributed by atoms with E-state index in [0.717, 1.165) is 72.3 Å². The fourth-order valence-corrected chi connectivity index (χ4v) is 10.5. The summed E-state index contributed by atoms with van der Waals surface area (Å²) in [6, 6.07) is 78.5. The van der Waals surface area contributed by atoms with Gasteiger partial charge in [-0.3, -0.25) is 0 Å². The molecule has 0 bridgehead atoms. The van der Waals surface area contributed by atoms with E-state index >= 15 is 0 Å². The maximum Gasteiger partial charge on any atom is 0.160 e. The third-order valence-corrected chi connectivity index (χ3v) is 13.1. The molecule has 288 valence electrons. The van der Waals surface area contributed by atoms with Crippen molar-refractivity contribution in [2.45, 2.75) is 5.41 Å². The van der Waals surface area contributed by atoms with Crippen LogP contribution in [-0.2, 0) is 5.41 Å². The van der Waals surface area contributed by atoms with E-state index in [9.17, 15) is 0 Å². The first kappa shape index (κ1) is 34.7. The lowest BCUT2D eigenvalue weighted by molar-refractivity contribution is 0.669. The van der Waals surface area contributed by atoms with Gasteiger partial charge in [0.15, 0.2) is 5.82 Å². The summed E-state index contributed by atoms with van der Waals surface area (Å²) in [5.41, 5.74) is 20.9. The van der Waals surface area contributed by atoms with E-state index in [0.29, 0.717) is 5.82 Å². The van der Waals surface area contributed by atoms with Gasteiger partial charge in [-0.15, -0.1) is 0 Å². The Morgan fingerprint density at radius 1 is 0.306 bits per heavy atom. The lowest BCUT2D eigenvalue weighted by Crippen LogP contribution is -2.25. The summed E-state index contributed by atoms with van der Waals surface area (Å²) < 4.78 is 6.38. The third-order valence-electron chi connectivity index (χ3n) is 13.1. The highest BCUT2D eigenvalue weighted by molar-refractivity contribution is 6.12. The molecule has 9 aromatic carbocycles. The molecule has 0 N–H and O–H groups in total. The molecule has 2 aliphatic rings. The molecule has 0 fully saturated rings. The SMILES string of the molecule is c1ccc(-c2cc(-c3cc(-c4ccc5c(c4)C4(c6ccccc6-c6ccccc64)c4ccccc4-5)nc(-c4ccccc4)n3)cc(-c3cccc4oc5ccccc5c34)c2)cc1. The molecule has 62 heavy (non-hydrogen) atoms. The minimum absolute atomic E-state index is 0.454. The average Bonchev–Trinajstić information content (AvgIpc) is 3.98. The predicted molar refractivity (Wildman–Crippen MR) is 253 cm³/mol. The first-order valence-corrected chi connectivity index (χ1v) is 21.2. The fourth-order valence-electron chi connectivity index (χ4n) is 10.5. The van der Waals surface area contributed by atoms with E-state index in [2.05, 4.69) is 200 Å². The molecule has 11 aromatic rings. The Kier molecular flexibility index (Phi) is 7.52. The van der Waals surface area contributed by atoms with Gasteiger partial charge in [-0.1, -0.05) is 176 Å². The predicted octanol–water partition coefficient (Wildman–Crippen LogP) is 15.1. The standard InChI is InChI=1S/C59H36N2O/c1-3-16-37(17-4-1)40-32-41(43-24-15-29-56-57(43)48-23-10-14-28-55(48)62-56)34-42(33-40)54-36-53(60-58(61-54)38-18-5-2-6-19-38)39-30-31-47-46-22-9-13-27-51(46)59(52(47)35-39)49-25-11-7-20-44(49)45-21-8-12-26-50(45)59/h1-36H. The van der Waals surface area contributed by atoms with Crippen LogP contribution in [0.2, 0.25) is 0 Å². The van der Waals surface area contributed by atoms with Crippen molar-refractivity contribution in [3.8, 4) is 78.4 Å². The molecule has 3 heteroatoms. The Morgan fingerprint density at radius 2 is 0.823 bits per heavy atom. The number of furan rings is 1. The summed E-state index contributed by atoms with van der Waals surface area (Å²) in [5, 5.41) is 2.21. The van der Waals surface area contributed by atoms with Crippen molar-refractivity contribution in [2.24, 2.45) is 0 Å². The minimum atomic E-state index is -0.454. The van der Waals surface area contributed by atoms with E-state index < -0.39 is 5.41 Å². The zero-order valence-electron chi connectivity index (χ0n) is 33.6. The van der Waals surface area contributed by atoms with Crippen molar-refractivity contribution in [1.29, 1.82) is 0 Å². The van der Waals surface area contributed by atoms with Crippen LogP contribution in [0, 0.1) is 0 Å². The van der Waals surface area contributed by atoms with Crippen LogP contribution in [-0.4, -0.2) is 9.97 Å². The maximum atomic E-state index is 6.38. The zero-order chi connectivity index (χ0) is 40.8. The summed E-state index contributed by atoms with van der Waals surface area (Å²) in [6.45, 7) is 0. The van der Waals surface area contributed by atoms with Crippen molar-refractivity contribution in [1.82, 2.24) is 9.97 Å². The van der Waals surface area contributed by atoms with Crippen molar-refractivity contribution >= 4 is 21.9 Å². The smallest absolute Gasteiger partial charge is 0.160 e. The van der Waals surface area contributed by atoms with Gasteiger partial charge in [-0.25, -0.2) is 9.97 Å². The van der Waals surface area contributed by atoms with Gasteiger partial charge in [0.25, 0.3) is 0 Å². The lowest BCUT2D eigenvalue weighted by Gasteiger charge is -2.30. The summed E-state index contributed by atoms with van der Waals surface area (Å²) in [7, 11) is 0. The molecule has 0 saturated carbocycles. The quantitative estimate of drug-likeness (QED) is 0.174. The van der Waals surface area contributed by atoms with Gasteiger partial charge in [0.2, 0.25) is 0 Å². The number of fused-ring (bicyclic) bond motifs is 13. The van der Waals surface area contributed by atoms with Gasteiger partial charge in [0.1, 0.15) is 11.2 Å². The second-order valence-electron chi connectivity index (χ2n) is 16.4. The molecule has 2 aromatic heterocycles. The van der Waals surface area contributed by atoms with Crippen LogP contribution >= 0.6 is 0 Å². The van der Waals surface area contributed by atoms with Crippen LogP contribution in [0.4, 0.5) is 0 Å². The molecule has 0 radical (unpaired) electrons. The Labute approximate surface area is 359 Å². The molecule has 0 amide bonds. The molecule has 13 rings (SSSR count). The molecule has 3 nitrogen and oxygen atoms in total. The molecule has 1 spiro atoms. The lowest BCUT2D eigenvalue weighted by atomic mass is 9.70. The van der Waals surface area contributed by atoms with Crippen molar-refractivity contribution < 1.29 is 4.42 Å². The van der Waals surface area contributed by atoms with Crippen molar-refractivity contribution in [2.75, 3.05) is 0 Å². The van der Waals surface area contributed by atoms with Gasteiger partial charge in [-0.2, -0.15) is 0 Å². The van der Waals surface area contributed by atoms with Crippen LogP contribution in [0.3, 0.4) is 0 Å². The number of nitrogens with zero attached hydrogens (tertiary/aromatic N) is 2. The Bertz CT molecular complexity index is 3520. The van der Waals surface area contributed by atoms with Crippen LogP contribution in [0.5, 0.6) is 0 Å². The molecule has 0 aliphatic heterocycles. The number of hydrogen-bond donors (Lipinski definition) is 0. The summed E-state index contributed by atoms with van der Waals surface area (Å²) in [4.78, 5) is 10.8. The number of hydrogen-bond acceptors (Lipinski definition) is 3. The first-order chi connectivity index (χ1) is 30.7. The molecular formula is C59H36N2O. The Hall–Kier alpha value is -8.14. The first-order valence-electron chi connectivity index (χ1n) is 21.2. The summed E-state index contributed by atoms with van der Waals surface area (Å²) in [6.07, 6.45) is 0. The normalized spacial score (nSPS) is 13.0. The van der Waals surface area contributed by atoms with Crippen LogP contribution in [0.15, 0.2) is 223 Å². The van der Waals surface area contributed by atoms with E-state index in [-0.39, 0.29) is 0 Å². The van der Waals surface area contributed by atoms with E-state index in [1.807, 2.05) is 18.2 Å². The number of rotatable bonds is 5. The zero-order valence-corrected chi connectivity index (χ0v) is 33.6. The summed E-state index contributed by atoms with van der Waals surface area (Å²) in [5.74, 6) is 0.683. The van der Waals surface area contributed by atoms with Crippen LogP contribution in [0.25, 0.3) is 100 Å². The van der Waals surface area contributed by atoms with Crippen molar-refractivity contribution in [3.63, 3.8) is 0 Å². The Morgan fingerprint density at radius 3 is 1.52 bits per heavy atom. The largest absolute Gasteiger partial charge is 0.456 e.